The van der Waals surface area contributed by atoms with Crippen molar-refractivity contribution >= 4 is 5.91 Å². The summed E-state index contributed by atoms with van der Waals surface area (Å²) in [7, 11) is 1.63. The molecule has 0 aliphatic heterocycles. The van der Waals surface area contributed by atoms with Gasteiger partial charge in [-0.25, -0.2) is 0 Å². The number of methoxy groups -OCH3 is 1. The van der Waals surface area contributed by atoms with Gasteiger partial charge in [-0.05, 0) is 54.3 Å². The molecular weight excluding hydrogens is 314 g/mol. The molecule has 0 spiro atoms. The lowest BCUT2D eigenvalue weighted by Gasteiger charge is -2.19. The Hall–Kier alpha value is -2.49. The van der Waals surface area contributed by atoms with Crippen LogP contribution in [0.5, 0.6) is 11.5 Å². The van der Waals surface area contributed by atoms with Crippen LogP contribution >= 0.6 is 0 Å². The summed E-state index contributed by atoms with van der Waals surface area (Å²) in [6.45, 7) is 8.78. The number of hydrogen-bond acceptors (Lipinski definition) is 3. The minimum Gasteiger partial charge on any atom is -0.497 e. The standard InChI is InChI=1S/C21H27NO3/c1-15(14-25-19-12-10-18(24-5)11-13-19)22-20(23)16-6-8-17(9-7-16)21(2,3)4/h6-13,15H,14H2,1-5H3,(H,22,23)/t15-/m0/s1. The van der Waals surface area contributed by atoms with Crippen LogP contribution in [0.2, 0.25) is 0 Å². The van der Waals surface area contributed by atoms with E-state index in [2.05, 4.69) is 26.1 Å². The number of amides is 1. The highest BCUT2D eigenvalue weighted by Gasteiger charge is 2.15. The minimum atomic E-state index is -0.100. The summed E-state index contributed by atoms with van der Waals surface area (Å²) in [5.41, 5.74) is 1.94. The van der Waals surface area contributed by atoms with Gasteiger partial charge >= 0.3 is 0 Å². The molecule has 2 rings (SSSR count). The van der Waals surface area contributed by atoms with Crippen LogP contribution in [0.25, 0.3) is 0 Å². The van der Waals surface area contributed by atoms with Gasteiger partial charge in [0, 0.05) is 5.56 Å². The third-order valence-corrected chi connectivity index (χ3v) is 3.95. The summed E-state index contributed by atoms with van der Waals surface area (Å²) in [5.74, 6) is 1.44. The number of hydrogen-bond donors (Lipinski definition) is 1. The van der Waals surface area contributed by atoms with Gasteiger partial charge in [0.15, 0.2) is 0 Å². The average Bonchev–Trinajstić information content (AvgIpc) is 2.59. The van der Waals surface area contributed by atoms with Crippen LogP contribution in [0, 0.1) is 0 Å². The van der Waals surface area contributed by atoms with Crippen molar-refractivity contribution in [3.05, 3.63) is 59.7 Å². The molecule has 134 valence electrons. The summed E-state index contributed by atoms with van der Waals surface area (Å²) in [5, 5.41) is 2.96. The maximum absolute atomic E-state index is 12.3. The van der Waals surface area contributed by atoms with Crippen LogP contribution in [0.15, 0.2) is 48.5 Å². The van der Waals surface area contributed by atoms with Gasteiger partial charge in [0.1, 0.15) is 18.1 Å². The second kappa shape index (κ2) is 8.06. The lowest BCUT2D eigenvalue weighted by molar-refractivity contribution is 0.0926. The van der Waals surface area contributed by atoms with Gasteiger partial charge in [-0.3, -0.25) is 4.79 Å². The van der Waals surface area contributed by atoms with Crippen LogP contribution in [0.1, 0.15) is 43.6 Å². The van der Waals surface area contributed by atoms with Crippen molar-refractivity contribution in [2.75, 3.05) is 13.7 Å². The Kier molecular flexibility index (Phi) is 6.07. The summed E-state index contributed by atoms with van der Waals surface area (Å²) < 4.78 is 10.8. The van der Waals surface area contributed by atoms with Crippen molar-refractivity contribution in [2.24, 2.45) is 0 Å². The predicted octanol–water partition coefficient (Wildman–Crippen LogP) is 4.19. The molecule has 1 N–H and O–H groups in total. The molecule has 0 radical (unpaired) electrons. The second-order valence-corrected chi connectivity index (χ2v) is 7.19. The number of rotatable bonds is 6. The quantitative estimate of drug-likeness (QED) is 0.857. The van der Waals surface area contributed by atoms with E-state index in [0.29, 0.717) is 12.2 Å². The summed E-state index contributed by atoms with van der Waals surface area (Å²) >= 11 is 0. The van der Waals surface area contributed by atoms with E-state index in [1.807, 2.05) is 55.5 Å². The van der Waals surface area contributed by atoms with Gasteiger partial charge in [0.25, 0.3) is 5.91 Å². The van der Waals surface area contributed by atoms with E-state index in [4.69, 9.17) is 9.47 Å². The normalized spacial score (nSPS) is 12.4. The molecule has 4 nitrogen and oxygen atoms in total. The number of nitrogens with one attached hydrogen (secondary N) is 1. The third-order valence-electron chi connectivity index (χ3n) is 3.95. The van der Waals surface area contributed by atoms with Crippen molar-refractivity contribution in [3.63, 3.8) is 0 Å². The Labute approximate surface area is 150 Å². The molecule has 2 aromatic carbocycles. The molecule has 0 saturated heterocycles. The van der Waals surface area contributed by atoms with Crippen molar-refractivity contribution < 1.29 is 14.3 Å². The molecule has 1 amide bonds. The molecule has 25 heavy (non-hydrogen) atoms. The first-order chi connectivity index (χ1) is 11.8. The molecule has 0 aromatic heterocycles. The molecule has 0 unspecified atom stereocenters. The van der Waals surface area contributed by atoms with E-state index in [-0.39, 0.29) is 17.4 Å². The summed E-state index contributed by atoms with van der Waals surface area (Å²) in [6, 6.07) is 15.0. The van der Waals surface area contributed by atoms with Crippen molar-refractivity contribution in [3.8, 4) is 11.5 Å². The molecule has 0 saturated carbocycles. The largest absolute Gasteiger partial charge is 0.497 e. The first-order valence-electron chi connectivity index (χ1n) is 8.48. The van der Waals surface area contributed by atoms with Gasteiger partial charge in [0.05, 0.1) is 13.2 Å². The fraction of sp³-hybridized carbons (Fsp3) is 0.381. The Bertz CT molecular complexity index is 685. The van der Waals surface area contributed by atoms with Gasteiger partial charge in [-0.1, -0.05) is 32.9 Å². The zero-order chi connectivity index (χ0) is 18.4. The first kappa shape index (κ1) is 18.8. The Morgan fingerprint density at radius 2 is 1.56 bits per heavy atom. The minimum absolute atomic E-state index is 0.0779. The molecule has 0 fully saturated rings. The number of carbonyl (C=O) groups excluding carboxylic acids is 1. The summed E-state index contributed by atoms with van der Waals surface area (Å²) in [4.78, 5) is 12.3. The highest BCUT2D eigenvalue weighted by molar-refractivity contribution is 5.94. The van der Waals surface area contributed by atoms with E-state index in [1.54, 1.807) is 7.11 Å². The van der Waals surface area contributed by atoms with Crippen LogP contribution < -0.4 is 14.8 Å². The Morgan fingerprint density at radius 1 is 1.00 bits per heavy atom. The van der Waals surface area contributed by atoms with Gasteiger partial charge in [-0.2, -0.15) is 0 Å². The monoisotopic (exact) mass is 341 g/mol. The number of benzene rings is 2. The predicted molar refractivity (Wildman–Crippen MR) is 101 cm³/mol. The van der Waals surface area contributed by atoms with Crippen molar-refractivity contribution in [1.29, 1.82) is 0 Å². The average molecular weight is 341 g/mol. The highest BCUT2D eigenvalue weighted by atomic mass is 16.5. The molecule has 0 aliphatic carbocycles. The Morgan fingerprint density at radius 3 is 2.08 bits per heavy atom. The lowest BCUT2D eigenvalue weighted by Crippen LogP contribution is -2.36. The van der Waals surface area contributed by atoms with Crippen LogP contribution in [-0.4, -0.2) is 25.7 Å². The maximum atomic E-state index is 12.3. The topological polar surface area (TPSA) is 47.6 Å². The van der Waals surface area contributed by atoms with E-state index >= 15 is 0 Å². The molecule has 0 aliphatic rings. The van der Waals surface area contributed by atoms with E-state index < -0.39 is 0 Å². The van der Waals surface area contributed by atoms with Crippen LogP contribution in [-0.2, 0) is 5.41 Å². The van der Waals surface area contributed by atoms with Crippen molar-refractivity contribution in [2.45, 2.75) is 39.2 Å². The van der Waals surface area contributed by atoms with Crippen molar-refractivity contribution in [1.82, 2.24) is 5.32 Å². The summed E-state index contributed by atoms with van der Waals surface area (Å²) in [6.07, 6.45) is 0. The second-order valence-electron chi connectivity index (χ2n) is 7.19. The van der Waals surface area contributed by atoms with E-state index in [0.717, 1.165) is 11.5 Å². The van der Waals surface area contributed by atoms with Gasteiger partial charge < -0.3 is 14.8 Å². The number of ether oxygens (including phenoxy) is 2. The maximum Gasteiger partial charge on any atom is 0.251 e. The molecule has 4 heteroatoms. The molecule has 0 heterocycles. The third kappa shape index (κ3) is 5.52. The molecule has 2 aromatic rings. The zero-order valence-electron chi connectivity index (χ0n) is 15.6. The van der Waals surface area contributed by atoms with E-state index in [1.165, 1.54) is 5.56 Å². The molecule has 1 atom stereocenters. The van der Waals surface area contributed by atoms with Gasteiger partial charge in [-0.15, -0.1) is 0 Å². The first-order valence-corrected chi connectivity index (χ1v) is 8.48. The fourth-order valence-electron chi connectivity index (χ4n) is 2.36. The highest BCUT2D eigenvalue weighted by Crippen LogP contribution is 2.22. The van der Waals surface area contributed by atoms with Gasteiger partial charge in [0.2, 0.25) is 0 Å². The zero-order valence-corrected chi connectivity index (χ0v) is 15.6. The fourth-order valence-corrected chi connectivity index (χ4v) is 2.36. The molecular formula is C21H27NO3. The Balaban J connectivity index is 1.86. The van der Waals surface area contributed by atoms with Crippen LogP contribution in [0.3, 0.4) is 0 Å². The van der Waals surface area contributed by atoms with Crippen LogP contribution in [0.4, 0.5) is 0 Å². The number of carbonyl (C=O) groups is 1. The van der Waals surface area contributed by atoms with E-state index in [9.17, 15) is 4.79 Å². The lowest BCUT2D eigenvalue weighted by atomic mass is 9.86. The molecule has 0 bridgehead atoms. The SMILES string of the molecule is COc1ccc(OC[C@H](C)NC(=O)c2ccc(C(C)(C)C)cc2)cc1. The smallest absolute Gasteiger partial charge is 0.251 e.